The third kappa shape index (κ3) is 3.80. The lowest BCUT2D eigenvalue weighted by Gasteiger charge is -2.25. The second kappa shape index (κ2) is 5.39. The number of hydrogen-bond donors (Lipinski definition) is 2. The van der Waals surface area contributed by atoms with Gasteiger partial charge in [0.1, 0.15) is 0 Å². The highest BCUT2D eigenvalue weighted by Crippen LogP contribution is 2.20. The molecule has 0 atom stereocenters. The first-order valence-corrected chi connectivity index (χ1v) is 9.32. The number of benzene rings is 1. The van der Waals surface area contributed by atoms with Crippen molar-refractivity contribution in [3.8, 4) is 0 Å². The molecule has 0 saturated carbocycles. The number of sulfonamides is 1. The van der Waals surface area contributed by atoms with E-state index in [1.54, 1.807) is 0 Å². The van der Waals surface area contributed by atoms with E-state index in [4.69, 9.17) is 12.2 Å². The molecule has 0 radical (unpaired) electrons. The Kier molecular flexibility index (Phi) is 4.30. The number of H-pyrrole nitrogens is 1. The number of rotatable bonds is 4. The Morgan fingerprint density at radius 3 is 2.70 bits per heavy atom. The molecule has 0 aliphatic heterocycles. The van der Waals surface area contributed by atoms with E-state index in [-0.39, 0.29) is 0 Å². The molecule has 0 amide bonds. The van der Waals surface area contributed by atoms with E-state index in [0.29, 0.717) is 11.3 Å². The zero-order chi connectivity index (χ0) is 15.1. The van der Waals surface area contributed by atoms with Gasteiger partial charge in [-0.1, -0.05) is 0 Å². The normalized spacial score (nSPS) is 13.0. The van der Waals surface area contributed by atoms with Gasteiger partial charge in [0.2, 0.25) is 10.0 Å². The lowest BCUT2D eigenvalue weighted by molar-refractivity contribution is 0.394. The third-order valence-electron chi connectivity index (χ3n) is 2.75. The highest BCUT2D eigenvalue weighted by molar-refractivity contribution is 14.1. The number of hydrogen-bond acceptors (Lipinski definition) is 3. The summed E-state index contributed by atoms with van der Waals surface area (Å²) >= 11 is 7.57. The summed E-state index contributed by atoms with van der Waals surface area (Å²) in [4.78, 5) is 3.15. The quantitative estimate of drug-likeness (QED) is 0.585. The monoisotopic (exact) mass is 425 g/mol. The molecule has 8 heteroatoms. The Bertz CT molecular complexity index is 806. The average molecular weight is 425 g/mol. The highest BCUT2D eigenvalue weighted by Gasteiger charge is 2.24. The van der Waals surface area contributed by atoms with Crippen LogP contribution in [0.2, 0.25) is 0 Å². The molecule has 110 valence electrons. The van der Waals surface area contributed by atoms with Gasteiger partial charge in [-0.15, -0.1) is 0 Å². The van der Waals surface area contributed by atoms with Gasteiger partial charge in [-0.05, 0) is 66.9 Å². The Hall–Kier alpha value is -0.450. The van der Waals surface area contributed by atoms with E-state index in [9.17, 15) is 8.42 Å². The zero-order valence-electron chi connectivity index (χ0n) is 11.4. The molecule has 5 nitrogen and oxygen atoms in total. The van der Waals surface area contributed by atoms with E-state index in [1.807, 2.05) is 36.6 Å². The maximum Gasteiger partial charge on any atom is 0.209 e. The van der Waals surface area contributed by atoms with E-state index >= 15 is 0 Å². The maximum absolute atomic E-state index is 11.4. The first kappa shape index (κ1) is 15.9. The molecule has 0 bridgehead atoms. The molecule has 0 spiro atoms. The van der Waals surface area contributed by atoms with Crippen molar-refractivity contribution in [3.63, 3.8) is 0 Å². The van der Waals surface area contributed by atoms with Gasteiger partial charge in [0, 0.05) is 15.7 Å². The van der Waals surface area contributed by atoms with Gasteiger partial charge in [-0.25, -0.2) is 13.1 Å². The van der Waals surface area contributed by atoms with E-state index in [2.05, 4.69) is 32.3 Å². The van der Waals surface area contributed by atoms with Crippen molar-refractivity contribution in [3.05, 3.63) is 26.5 Å². The van der Waals surface area contributed by atoms with Crippen molar-refractivity contribution in [2.24, 2.45) is 0 Å². The first-order chi connectivity index (χ1) is 9.07. The Morgan fingerprint density at radius 2 is 2.10 bits per heavy atom. The molecule has 1 aromatic heterocycles. The van der Waals surface area contributed by atoms with Crippen molar-refractivity contribution >= 4 is 55.9 Å². The van der Waals surface area contributed by atoms with Gasteiger partial charge in [0.05, 0.1) is 17.3 Å². The van der Waals surface area contributed by atoms with Gasteiger partial charge < -0.3 is 9.55 Å². The largest absolute Gasteiger partial charge is 0.331 e. The molecule has 0 unspecified atom stereocenters. The first-order valence-electron chi connectivity index (χ1n) is 5.94. The molecule has 1 aromatic carbocycles. The summed E-state index contributed by atoms with van der Waals surface area (Å²) in [6.45, 7) is 4.13. The summed E-state index contributed by atoms with van der Waals surface area (Å²) in [5.41, 5.74) is 1.31. The Balaban J connectivity index is 2.44. The molecule has 2 rings (SSSR count). The lowest BCUT2D eigenvalue weighted by atomic mass is 10.1. The van der Waals surface area contributed by atoms with Crippen LogP contribution in [-0.4, -0.2) is 29.8 Å². The summed E-state index contributed by atoms with van der Waals surface area (Å²) in [5, 5.41) is 0. The fraction of sp³-hybridized carbons (Fsp3) is 0.417. The molecule has 2 N–H and O–H groups in total. The summed E-state index contributed by atoms with van der Waals surface area (Å²) in [6, 6.07) is 6.00. The van der Waals surface area contributed by atoms with Crippen LogP contribution in [0.4, 0.5) is 0 Å². The third-order valence-corrected chi connectivity index (χ3v) is 4.67. The number of nitrogens with one attached hydrogen (secondary N) is 2. The van der Waals surface area contributed by atoms with Gasteiger partial charge in [0.25, 0.3) is 0 Å². The second-order valence-corrected chi connectivity index (χ2v) is 8.82. The number of imidazole rings is 1. The minimum atomic E-state index is -3.27. The lowest BCUT2D eigenvalue weighted by Crippen LogP contribution is -2.46. The maximum atomic E-state index is 11.4. The summed E-state index contributed by atoms with van der Waals surface area (Å²) in [7, 11) is -3.27. The van der Waals surface area contributed by atoms with Crippen molar-refractivity contribution < 1.29 is 8.42 Å². The van der Waals surface area contributed by atoms with Crippen LogP contribution in [0.1, 0.15) is 13.8 Å². The van der Waals surface area contributed by atoms with Gasteiger partial charge in [0.15, 0.2) is 4.77 Å². The van der Waals surface area contributed by atoms with Gasteiger partial charge in [-0.3, -0.25) is 0 Å². The van der Waals surface area contributed by atoms with Crippen LogP contribution < -0.4 is 4.72 Å². The van der Waals surface area contributed by atoms with Crippen LogP contribution in [0.3, 0.4) is 0 Å². The van der Waals surface area contributed by atoms with E-state index in [1.165, 1.54) is 0 Å². The zero-order valence-corrected chi connectivity index (χ0v) is 15.2. The number of halogens is 1. The Morgan fingerprint density at radius 1 is 1.45 bits per heavy atom. The van der Waals surface area contributed by atoms with Crippen LogP contribution >= 0.6 is 34.8 Å². The molecule has 20 heavy (non-hydrogen) atoms. The smallest absolute Gasteiger partial charge is 0.209 e. The minimum Gasteiger partial charge on any atom is -0.331 e. The van der Waals surface area contributed by atoms with Gasteiger partial charge >= 0.3 is 0 Å². The fourth-order valence-electron chi connectivity index (χ4n) is 2.22. The summed E-state index contributed by atoms with van der Waals surface area (Å²) in [5.74, 6) is 0. The number of nitrogens with zero attached hydrogens (tertiary/aromatic N) is 1. The molecule has 0 saturated heterocycles. The molecule has 0 aliphatic rings. The van der Waals surface area contributed by atoms with E-state index < -0.39 is 15.6 Å². The molecule has 0 fully saturated rings. The second-order valence-electron chi connectivity index (χ2n) is 5.44. The van der Waals surface area contributed by atoms with Gasteiger partial charge in [-0.2, -0.15) is 0 Å². The van der Waals surface area contributed by atoms with Crippen LogP contribution in [-0.2, 0) is 16.6 Å². The predicted octanol–water partition coefficient (Wildman–Crippen LogP) is 2.63. The standard InChI is InChI=1S/C12H16IN3O2S2/c1-12(2,15-20(3,17)18)7-16-10-5-4-8(13)6-9(10)14-11(16)19/h4-6,15H,7H2,1-3H3,(H,14,19). The molecule has 2 aromatic rings. The molecular weight excluding hydrogens is 409 g/mol. The van der Waals surface area contributed by atoms with Crippen LogP contribution in [0, 0.1) is 8.34 Å². The molecule has 0 aliphatic carbocycles. The van der Waals surface area contributed by atoms with Crippen molar-refractivity contribution in [2.75, 3.05) is 6.26 Å². The van der Waals surface area contributed by atoms with Crippen molar-refractivity contribution in [2.45, 2.75) is 25.9 Å². The predicted molar refractivity (Wildman–Crippen MR) is 91.9 cm³/mol. The summed E-state index contributed by atoms with van der Waals surface area (Å²) < 4.78 is 29.1. The molecular formula is C12H16IN3O2S2. The fourth-order valence-corrected chi connectivity index (χ4v) is 4.05. The number of aromatic amines is 1. The van der Waals surface area contributed by atoms with Crippen LogP contribution in [0.15, 0.2) is 18.2 Å². The van der Waals surface area contributed by atoms with Crippen LogP contribution in [0.5, 0.6) is 0 Å². The average Bonchev–Trinajstić information content (AvgIpc) is 2.50. The molecule has 1 heterocycles. The number of fused-ring (bicyclic) bond motifs is 1. The minimum absolute atomic E-state index is 0.458. The van der Waals surface area contributed by atoms with Crippen molar-refractivity contribution in [1.29, 1.82) is 0 Å². The van der Waals surface area contributed by atoms with Crippen LogP contribution in [0.25, 0.3) is 11.0 Å². The topological polar surface area (TPSA) is 66.9 Å². The van der Waals surface area contributed by atoms with E-state index in [0.717, 1.165) is 20.9 Å². The number of aromatic nitrogens is 2. The Labute approximate surface area is 137 Å². The SMILES string of the molecule is CC(C)(Cn1c(=S)[nH]c2cc(I)ccc21)NS(C)(=O)=O. The van der Waals surface area contributed by atoms with Crippen molar-refractivity contribution in [1.82, 2.24) is 14.3 Å². The highest BCUT2D eigenvalue weighted by atomic mass is 127. The summed E-state index contributed by atoms with van der Waals surface area (Å²) in [6.07, 6.45) is 1.16.